The van der Waals surface area contributed by atoms with Crippen LogP contribution in [0.3, 0.4) is 0 Å². The number of rotatable bonds is 7. The summed E-state index contributed by atoms with van der Waals surface area (Å²) < 4.78 is 9.63. The van der Waals surface area contributed by atoms with Gasteiger partial charge in [0.25, 0.3) is 0 Å². The molecular formula is C13H17Cl2NO3. The van der Waals surface area contributed by atoms with Crippen molar-refractivity contribution < 1.29 is 13.9 Å². The lowest BCUT2D eigenvalue weighted by molar-refractivity contribution is -0.125. The van der Waals surface area contributed by atoms with Crippen molar-refractivity contribution in [1.29, 1.82) is 0 Å². The molecule has 0 aliphatic heterocycles. The van der Waals surface area contributed by atoms with Gasteiger partial charge in [-0.1, -0.05) is 0 Å². The SMILES string of the molecule is CC1(C(=O)NCCCOCc2ccco2)CC1(Cl)Cl. The largest absolute Gasteiger partial charge is 0.467 e. The molecule has 106 valence electrons. The van der Waals surface area contributed by atoms with Crippen LogP contribution in [-0.4, -0.2) is 23.4 Å². The van der Waals surface area contributed by atoms with E-state index in [1.807, 2.05) is 12.1 Å². The Labute approximate surface area is 122 Å². The highest BCUT2D eigenvalue weighted by atomic mass is 35.5. The quantitative estimate of drug-likeness (QED) is 0.622. The lowest BCUT2D eigenvalue weighted by Gasteiger charge is -2.12. The Morgan fingerprint density at radius 1 is 1.58 bits per heavy atom. The van der Waals surface area contributed by atoms with Crippen LogP contribution in [0, 0.1) is 5.41 Å². The minimum absolute atomic E-state index is 0.0939. The fourth-order valence-corrected chi connectivity index (χ4v) is 2.49. The number of alkyl halides is 2. The second-order valence-corrected chi connectivity index (χ2v) is 6.44. The maximum absolute atomic E-state index is 11.8. The molecule has 4 nitrogen and oxygen atoms in total. The summed E-state index contributed by atoms with van der Waals surface area (Å²) in [6, 6.07) is 3.68. The van der Waals surface area contributed by atoms with E-state index in [0.717, 1.165) is 12.2 Å². The van der Waals surface area contributed by atoms with E-state index in [1.165, 1.54) is 0 Å². The van der Waals surface area contributed by atoms with Crippen molar-refractivity contribution in [3.05, 3.63) is 24.2 Å². The number of carbonyl (C=O) groups is 1. The van der Waals surface area contributed by atoms with E-state index < -0.39 is 9.75 Å². The predicted octanol–water partition coefficient (Wildman–Crippen LogP) is 2.89. The molecule has 19 heavy (non-hydrogen) atoms. The standard InChI is InChI=1S/C13H17Cl2NO3/c1-12(9-13(12,14)15)11(17)16-5-3-6-18-8-10-4-2-7-19-10/h2,4,7H,3,5-6,8-9H2,1H3,(H,16,17). The molecule has 0 spiro atoms. The number of hydrogen-bond acceptors (Lipinski definition) is 3. The Balaban J connectivity index is 1.54. The zero-order chi connectivity index (χ0) is 13.9. The monoisotopic (exact) mass is 305 g/mol. The van der Waals surface area contributed by atoms with Crippen LogP contribution < -0.4 is 5.32 Å². The molecule has 1 unspecified atom stereocenters. The van der Waals surface area contributed by atoms with Gasteiger partial charge in [-0.3, -0.25) is 4.79 Å². The lowest BCUT2D eigenvalue weighted by Crippen LogP contribution is -2.34. The van der Waals surface area contributed by atoms with Crippen LogP contribution in [0.25, 0.3) is 0 Å². The van der Waals surface area contributed by atoms with Gasteiger partial charge in [0.2, 0.25) is 5.91 Å². The highest BCUT2D eigenvalue weighted by Gasteiger charge is 2.67. The van der Waals surface area contributed by atoms with Crippen molar-refractivity contribution in [3.8, 4) is 0 Å². The van der Waals surface area contributed by atoms with Crippen molar-refractivity contribution in [2.24, 2.45) is 5.41 Å². The molecule has 0 bridgehead atoms. The Morgan fingerprint density at radius 2 is 2.32 bits per heavy atom. The average molecular weight is 306 g/mol. The summed E-state index contributed by atoms with van der Waals surface area (Å²) in [4.78, 5) is 11.8. The van der Waals surface area contributed by atoms with Gasteiger partial charge in [0.15, 0.2) is 0 Å². The molecular weight excluding hydrogens is 289 g/mol. The Bertz CT molecular complexity index is 433. The topological polar surface area (TPSA) is 51.5 Å². The van der Waals surface area contributed by atoms with Gasteiger partial charge in [-0.15, -0.1) is 23.2 Å². The van der Waals surface area contributed by atoms with E-state index in [1.54, 1.807) is 13.2 Å². The molecule has 1 saturated carbocycles. The van der Waals surface area contributed by atoms with E-state index in [2.05, 4.69) is 5.32 Å². The normalized spacial score (nSPS) is 24.2. The molecule has 1 aliphatic carbocycles. The Morgan fingerprint density at radius 3 is 2.89 bits per heavy atom. The van der Waals surface area contributed by atoms with Crippen LogP contribution in [0.4, 0.5) is 0 Å². The van der Waals surface area contributed by atoms with Crippen LogP contribution in [0.5, 0.6) is 0 Å². The Hall–Kier alpha value is -0.710. The highest BCUT2D eigenvalue weighted by molar-refractivity contribution is 6.53. The fourth-order valence-electron chi connectivity index (χ4n) is 1.78. The van der Waals surface area contributed by atoms with E-state index >= 15 is 0 Å². The minimum atomic E-state index is -0.910. The average Bonchev–Trinajstić information content (AvgIpc) is 2.74. The number of nitrogens with one attached hydrogen (secondary N) is 1. The van der Waals surface area contributed by atoms with Crippen LogP contribution in [-0.2, 0) is 16.1 Å². The molecule has 1 aromatic heterocycles. The highest BCUT2D eigenvalue weighted by Crippen LogP contribution is 2.63. The molecule has 0 saturated heterocycles. The van der Waals surface area contributed by atoms with Gasteiger partial charge in [-0.05, 0) is 31.9 Å². The molecule has 0 aromatic carbocycles. The zero-order valence-corrected chi connectivity index (χ0v) is 12.3. The summed E-state index contributed by atoms with van der Waals surface area (Å²) >= 11 is 11.9. The first kappa shape index (κ1) is 14.7. The summed E-state index contributed by atoms with van der Waals surface area (Å²) in [6.07, 6.45) is 2.85. The smallest absolute Gasteiger partial charge is 0.229 e. The van der Waals surface area contributed by atoms with Crippen molar-refractivity contribution >= 4 is 29.1 Å². The van der Waals surface area contributed by atoms with Crippen molar-refractivity contribution in [1.82, 2.24) is 5.32 Å². The summed E-state index contributed by atoms with van der Waals surface area (Å²) in [5.74, 6) is 0.701. The van der Waals surface area contributed by atoms with Crippen molar-refractivity contribution in [2.75, 3.05) is 13.2 Å². The molecule has 1 aliphatic rings. The third-order valence-corrected chi connectivity index (χ3v) is 4.44. The van der Waals surface area contributed by atoms with Gasteiger partial charge < -0.3 is 14.5 Å². The molecule has 1 aromatic rings. The maximum Gasteiger partial charge on any atom is 0.229 e. The molecule has 1 atom stereocenters. The number of ether oxygens (including phenoxy) is 1. The first-order valence-corrected chi connectivity index (χ1v) is 6.97. The third kappa shape index (κ3) is 3.44. The van der Waals surface area contributed by atoms with Crippen LogP contribution in [0.2, 0.25) is 0 Å². The molecule has 1 N–H and O–H groups in total. The first-order chi connectivity index (χ1) is 8.96. The first-order valence-electron chi connectivity index (χ1n) is 6.22. The van der Waals surface area contributed by atoms with Gasteiger partial charge in [0.1, 0.15) is 16.7 Å². The van der Waals surface area contributed by atoms with Crippen LogP contribution in [0.1, 0.15) is 25.5 Å². The van der Waals surface area contributed by atoms with Gasteiger partial charge in [-0.25, -0.2) is 0 Å². The molecule has 1 fully saturated rings. The van der Waals surface area contributed by atoms with Crippen molar-refractivity contribution in [3.63, 3.8) is 0 Å². The van der Waals surface area contributed by atoms with Crippen LogP contribution >= 0.6 is 23.2 Å². The summed E-state index contributed by atoms with van der Waals surface area (Å²) in [7, 11) is 0. The van der Waals surface area contributed by atoms with Gasteiger partial charge in [0.05, 0.1) is 11.7 Å². The third-order valence-electron chi connectivity index (χ3n) is 3.33. The summed E-state index contributed by atoms with van der Waals surface area (Å²) in [6.45, 7) is 3.34. The second-order valence-electron chi connectivity index (χ2n) is 4.95. The number of hydrogen-bond donors (Lipinski definition) is 1. The number of carbonyl (C=O) groups excluding carboxylic acids is 1. The molecule has 1 heterocycles. The van der Waals surface area contributed by atoms with Crippen LogP contribution in [0.15, 0.2) is 22.8 Å². The summed E-state index contributed by atoms with van der Waals surface area (Å²) in [5, 5.41) is 2.82. The van der Waals surface area contributed by atoms with Gasteiger partial charge in [0, 0.05) is 13.2 Å². The maximum atomic E-state index is 11.8. The second kappa shape index (κ2) is 5.73. The summed E-state index contributed by atoms with van der Waals surface area (Å²) in [5.41, 5.74) is -0.648. The molecule has 2 rings (SSSR count). The number of amides is 1. The molecule has 1 amide bonds. The van der Waals surface area contributed by atoms with E-state index in [-0.39, 0.29) is 5.91 Å². The van der Waals surface area contributed by atoms with Gasteiger partial charge in [-0.2, -0.15) is 0 Å². The zero-order valence-electron chi connectivity index (χ0n) is 10.7. The van der Waals surface area contributed by atoms with Crippen molar-refractivity contribution in [2.45, 2.75) is 30.7 Å². The number of furan rings is 1. The van der Waals surface area contributed by atoms with E-state index in [4.69, 9.17) is 32.4 Å². The minimum Gasteiger partial charge on any atom is -0.467 e. The molecule has 6 heteroatoms. The lowest BCUT2D eigenvalue weighted by atomic mass is 10.1. The van der Waals surface area contributed by atoms with E-state index in [0.29, 0.717) is 26.2 Å². The van der Waals surface area contributed by atoms with Gasteiger partial charge >= 0.3 is 0 Å². The van der Waals surface area contributed by atoms with E-state index in [9.17, 15) is 4.79 Å². The predicted molar refractivity (Wildman–Crippen MR) is 73.2 cm³/mol. The Kier molecular flexibility index (Phi) is 4.43. The fraction of sp³-hybridized carbons (Fsp3) is 0.615. The number of halogens is 2. The molecule has 0 radical (unpaired) electrons.